The summed E-state index contributed by atoms with van der Waals surface area (Å²) in [6.45, 7) is 5.39. The van der Waals surface area contributed by atoms with E-state index in [9.17, 15) is 12.8 Å². The van der Waals surface area contributed by atoms with Gasteiger partial charge < -0.3 is 15.4 Å². The minimum absolute atomic E-state index is 0.112. The van der Waals surface area contributed by atoms with Gasteiger partial charge >= 0.3 is 0 Å². The molecular weight excluding hydrogens is 345 g/mol. The van der Waals surface area contributed by atoms with Gasteiger partial charge in [0.05, 0.1) is 18.1 Å². The Morgan fingerprint density at radius 1 is 1.40 bits per heavy atom. The first kappa shape index (κ1) is 19.5. The van der Waals surface area contributed by atoms with Crippen LogP contribution in [0, 0.1) is 11.7 Å². The Morgan fingerprint density at radius 2 is 2.16 bits per heavy atom. The number of nitrogens with zero attached hydrogens (tertiary/aromatic N) is 1. The fraction of sp³-hybridized carbons (Fsp3) is 0.588. The molecule has 140 valence electrons. The van der Waals surface area contributed by atoms with Crippen LogP contribution in [0.15, 0.2) is 29.3 Å². The summed E-state index contributed by atoms with van der Waals surface area (Å²) >= 11 is 0. The number of benzene rings is 1. The van der Waals surface area contributed by atoms with Crippen LogP contribution in [0.4, 0.5) is 4.39 Å². The molecule has 1 aromatic rings. The fourth-order valence-corrected chi connectivity index (χ4v) is 4.49. The van der Waals surface area contributed by atoms with E-state index in [0.717, 1.165) is 0 Å². The summed E-state index contributed by atoms with van der Waals surface area (Å²) in [5.41, 5.74) is 0. The van der Waals surface area contributed by atoms with Gasteiger partial charge in [0.2, 0.25) is 0 Å². The minimum Gasteiger partial charge on any atom is -0.486 e. The summed E-state index contributed by atoms with van der Waals surface area (Å²) in [6, 6.07) is 6.27. The van der Waals surface area contributed by atoms with E-state index >= 15 is 0 Å². The van der Waals surface area contributed by atoms with Gasteiger partial charge in [0.1, 0.15) is 6.10 Å². The monoisotopic (exact) mass is 371 g/mol. The summed E-state index contributed by atoms with van der Waals surface area (Å²) in [7, 11) is -2.88. The number of ether oxygens (including phenoxy) is 1. The lowest BCUT2D eigenvalue weighted by Gasteiger charge is -2.16. The molecule has 1 saturated heterocycles. The van der Waals surface area contributed by atoms with Crippen LogP contribution in [0.5, 0.6) is 5.75 Å². The summed E-state index contributed by atoms with van der Waals surface area (Å²) in [5, 5.41) is 6.29. The van der Waals surface area contributed by atoms with Crippen molar-refractivity contribution in [1.82, 2.24) is 10.6 Å². The first-order valence-electron chi connectivity index (χ1n) is 8.53. The van der Waals surface area contributed by atoms with Gasteiger partial charge in [-0.05, 0) is 38.3 Å². The van der Waals surface area contributed by atoms with Crippen molar-refractivity contribution >= 4 is 15.8 Å². The van der Waals surface area contributed by atoms with Crippen LogP contribution in [0.25, 0.3) is 0 Å². The SMILES string of the molecule is CCNC(=NCC(C)Oc1ccccc1F)NCC1CCS(=O)(=O)C1. The molecule has 0 spiro atoms. The molecule has 8 heteroatoms. The van der Waals surface area contributed by atoms with Crippen LogP contribution >= 0.6 is 0 Å². The van der Waals surface area contributed by atoms with E-state index in [1.807, 2.05) is 13.8 Å². The van der Waals surface area contributed by atoms with E-state index in [1.54, 1.807) is 18.2 Å². The second-order valence-corrected chi connectivity index (χ2v) is 8.46. The molecule has 0 aliphatic carbocycles. The second-order valence-electron chi connectivity index (χ2n) is 6.23. The zero-order chi connectivity index (χ0) is 18.3. The van der Waals surface area contributed by atoms with E-state index in [1.165, 1.54) is 6.07 Å². The normalized spacial score (nSPS) is 20.9. The van der Waals surface area contributed by atoms with Crippen molar-refractivity contribution < 1.29 is 17.5 Å². The number of hydrogen-bond acceptors (Lipinski definition) is 4. The molecule has 2 unspecified atom stereocenters. The van der Waals surface area contributed by atoms with Crippen LogP contribution in [0.3, 0.4) is 0 Å². The molecule has 0 bridgehead atoms. The molecule has 1 fully saturated rings. The fourth-order valence-electron chi connectivity index (χ4n) is 2.63. The maximum atomic E-state index is 13.6. The van der Waals surface area contributed by atoms with Crippen LogP contribution in [0.1, 0.15) is 20.3 Å². The van der Waals surface area contributed by atoms with E-state index in [-0.39, 0.29) is 29.3 Å². The maximum Gasteiger partial charge on any atom is 0.191 e. The van der Waals surface area contributed by atoms with Gasteiger partial charge in [-0.25, -0.2) is 17.8 Å². The number of aliphatic imine (C=N–C) groups is 1. The van der Waals surface area contributed by atoms with Gasteiger partial charge in [-0.15, -0.1) is 0 Å². The van der Waals surface area contributed by atoms with E-state index < -0.39 is 15.7 Å². The number of sulfone groups is 1. The maximum absolute atomic E-state index is 13.6. The summed E-state index contributed by atoms with van der Waals surface area (Å²) in [4.78, 5) is 4.43. The Labute approximate surface area is 148 Å². The highest BCUT2D eigenvalue weighted by Gasteiger charge is 2.27. The first-order valence-corrected chi connectivity index (χ1v) is 10.4. The van der Waals surface area contributed by atoms with Gasteiger partial charge in [0.25, 0.3) is 0 Å². The number of hydrogen-bond donors (Lipinski definition) is 2. The van der Waals surface area contributed by atoms with Gasteiger partial charge in [-0.2, -0.15) is 0 Å². The quantitative estimate of drug-likeness (QED) is 0.562. The third-order valence-corrected chi connectivity index (χ3v) is 5.74. The van der Waals surface area contributed by atoms with Crippen molar-refractivity contribution in [3.05, 3.63) is 30.1 Å². The molecule has 0 saturated carbocycles. The number of para-hydroxylation sites is 1. The van der Waals surface area contributed by atoms with Gasteiger partial charge in [0.15, 0.2) is 27.4 Å². The molecular formula is C17H26FN3O3S. The highest BCUT2D eigenvalue weighted by Crippen LogP contribution is 2.18. The summed E-state index contributed by atoms with van der Waals surface area (Å²) in [6.07, 6.45) is 0.390. The lowest BCUT2D eigenvalue weighted by molar-refractivity contribution is 0.220. The molecule has 0 aromatic heterocycles. The average molecular weight is 371 g/mol. The number of rotatable bonds is 7. The highest BCUT2D eigenvalue weighted by molar-refractivity contribution is 7.91. The van der Waals surface area contributed by atoms with Gasteiger partial charge in [-0.3, -0.25) is 0 Å². The lowest BCUT2D eigenvalue weighted by atomic mass is 10.1. The third kappa shape index (κ3) is 6.53. The molecule has 0 amide bonds. The van der Waals surface area contributed by atoms with Crippen molar-refractivity contribution in [2.75, 3.05) is 31.1 Å². The number of guanidine groups is 1. The number of nitrogens with one attached hydrogen (secondary N) is 2. The predicted octanol–water partition coefficient (Wildman–Crippen LogP) is 1.58. The molecule has 0 radical (unpaired) electrons. The highest BCUT2D eigenvalue weighted by atomic mass is 32.2. The molecule has 2 atom stereocenters. The third-order valence-electron chi connectivity index (χ3n) is 3.90. The standard InChI is InChI=1S/C17H26FN3O3S/c1-3-19-17(21-11-14-8-9-25(22,23)12-14)20-10-13(2)24-16-7-5-4-6-15(16)18/h4-7,13-14H,3,8-12H2,1-2H3,(H2,19,20,21). The largest absolute Gasteiger partial charge is 0.486 e. The van der Waals surface area contributed by atoms with Crippen LogP contribution in [-0.4, -0.2) is 51.6 Å². The predicted molar refractivity (Wildman–Crippen MR) is 97.2 cm³/mol. The van der Waals surface area contributed by atoms with Crippen LogP contribution in [-0.2, 0) is 9.84 Å². The van der Waals surface area contributed by atoms with Crippen molar-refractivity contribution in [3.8, 4) is 5.75 Å². The summed E-state index contributed by atoms with van der Waals surface area (Å²) < 4.78 is 42.2. The Bertz CT molecular complexity index is 694. The minimum atomic E-state index is -2.88. The molecule has 1 heterocycles. The Morgan fingerprint density at radius 3 is 2.80 bits per heavy atom. The second kappa shape index (κ2) is 9.03. The van der Waals surface area contributed by atoms with Gasteiger partial charge in [0, 0.05) is 13.1 Å². The Kier molecular flexibility index (Phi) is 7.04. The zero-order valence-electron chi connectivity index (χ0n) is 14.7. The van der Waals surface area contributed by atoms with E-state index in [4.69, 9.17) is 4.74 Å². The van der Waals surface area contributed by atoms with Gasteiger partial charge in [-0.1, -0.05) is 12.1 Å². The van der Waals surface area contributed by atoms with Crippen molar-refractivity contribution in [2.24, 2.45) is 10.9 Å². The molecule has 6 nitrogen and oxygen atoms in total. The lowest BCUT2D eigenvalue weighted by Crippen LogP contribution is -2.40. The Hall–Kier alpha value is -1.83. The Balaban J connectivity index is 1.85. The molecule has 25 heavy (non-hydrogen) atoms. The number of halogens is 1. The smallest absolute Gasteiger partial charge is 0.191 e. The van der Waals surface area contributed by atoms with E-state index in [0.29, 0.717) is 32.0 Å². The topological polar surface area (TPSA) is 79.8 Å². The van der Waals surface area contributed by atoms with Crippen molar-refractivity contribution in [3.63, 3.8) is 0 Å². The molecule has 1 aromatic carbocycles. The molecule has 1 aliphatic rings. The van der Waals surface area contributed by atoms with Crippen molar-refractivity contribution in [1.29, 1.82) is 0 Å². The molecule has 2 N–H and O–H groups in total. The first-order chi connectivity index (χ1) is 11.9. The van der Waals surface area contributed by atoms with Crippen molar-refractivity contribution in [2.45, 2.75) is 26.4 Å². The molecule has 2 rings (SSSR count). The zero-order valence-corrected chi connectivity index (χ0v) is 15.5. The molecule has 1 aliphatic heterocycles. The van der Waals surface area contributed by atoms with Crippen LogP contribution in [0.2, 0.25) is 0 Å². The average Bonchev–Trinajstić information content (AvgIpc) is 2.91. The van der Waals surface area contributed by atoms with E-state index in [2.05, 4.69) is 15.6 Å². The van der Waals surface area contributed by atoms with Crippen LogP contribution < -0.4 is 15.4 Å². The summed E-state index contributed by atoms with van der Waals surface area (Å²) in [5.74, 6) is 1.02.